The summed E-state index contributed by atoms with van der Waals surface area (Å²) >= 11 is 8.84. The number of rotatable bonds is 7. The Hall–Kier alpha value is -3.68. The number of carboxylic acids is 1. The summed E-state index contributed by atoms with van der Waals surface area (Å²) in [5.41, 5.74) is 1.10. The van der Waals surface area contributed by atoms with Gasteiger partial charge in [-0.1, -0.05) is 41.1 Å². The van der Waals surface area contributed by atoms with Crippen LogP contribution in [0.25, 0.3) is 0 Å². The molecule has 4 aliphatic rings. The minimum atomic E-state index is -1.26. The number of ether oxygens (including phenoxy) is 1. The molecular formula is C28H22ClN3O8S2. The molecule has 11 nitrogen and oxygen atoms in total. The average Bonchev–Trinajstić information content (AvgIpc) is 3.68. The summed E-state index contributed by atoms with van der Waals surface area (Å²) < 4.78 is 6.24. The number of nitrogens with one attached hydrogen (secondary N) is 1. The first-order valence-corrected chi connectivity index (χ1v) is 15.3. The minimum absolute atomic E-state index is 0.101. The number of likely N-dealkylation sites (tertiary alicyclic amines) is 1. The maximum absolute atomic E-state index is 13.4. The molecule has 0 radical (unpaired) electrons. The van der Waals surface area contributed by atoms with E-state index in [9.17, 15) is 34.4 Å². The molecule has 3 heterocycles. The maximum atomic E-state index is 13.4. The van der Waals surface area contributed by atoms with Crippen LogP contribution in [0, 0.1) is 39.7 Å². The fourth-order valence-corrected chi connectivity index (χ4v) is 10.6. The Morgan fingerprint density at radius 1 is 1.14 bits per heavy atom. The number of non-ortho nitro benzene ring substituents is 1. The molecule has 42 heavy (non-hydrogen) atoms. The van der Waals surface area contributed by atoms with Gasteiger partial charge in [-0.15, -0.1) is 11.8 Å². The van der Waals surface area contributed by atoms with Gasteiger partial charge in [0.2, 0.25) is 11.8 Å². The number of halogens is 1. The van der Waals surface area contributed by atoms with Crippen LogP contribution in [0.3, 0.4) is 0 Å². The van der Waals surface area contributed by atoms with E-state index in [-0.39, 0.29) is 40.2 Å². The van der Waals surface area contributed by atoms with Gasteiger partial charge in [0, 0.05) is 44.3 Å². The second-order valence-corrected chi connectivity index (χ2v) is 13.6. The zero-order valence-electron chi connectivity index (χ0n) is 21.6. The number of nitro benzene ring substituents is 1. The number of hydrogen-bond acceptors (Lipinski definition) is 9. The molecule has 216 valence electrons. The first-order chi connectivity index (χ1) is 20.1. The topological polar surface area (TPSA) is 160 Å². The van der Waals surface area contributed by atoms with Crippen LogP contribution in [0.4, 0.5) is 5.69 Å². The first kappa shape index (κ1) is 27.2. The lowest BCUT2D eigenvalue weighted by Gasteiger charge is -2.43. The van der Waals surface area contributed by atoms with Gasteiger partial charge in [-0.05, 0) is 36.3 Å². The van der Waals surface area contributed by atoms with Gasteiger partial charge in [0.25, 0.3) is 5.69 Å². The Bertz CT molecular complexity index is 1740. The van der Waals surface area contributed by atoms with E-state index in [1.54, 1.807) is 18.2 Å². The highest BCUT2D eigenvalue weighted by Crippen LogP contribution is 2.69. The number of thioether (sulfide) groups is 1. The molecule has 1 saturated heterocycles. The van der Waals surface area contributed by atoms with Crippen molar-refractivity contribution in [2.24, 2.45) is 29.6 Å². The van der Waals surface area contributed by atoms with E-state index in [4.69, 9.17) is 16.3 Å². The number of carbonyl (C=O) groups is 3. The third-order valence-electron chi connectivity index (χ3n) is 8.99. The number of carboxylic acid groups (broad SMARTS) is 1. The number of thiazole rings is 1. The number of nitro groups is 1. The molecule has 2 amide bonds. The number of fused-ring (bicyclic) bond motifs is 9. The number of aliphatic carboxylic acids is 1. The first-order valence-electron chi connectivity index (χ1n) is 13.2. The van der Waals surface area contributed by atoms with Crippen LogP contribution in [0.1, 0.15) is 28.3 Å². The zero-order chi connectivity index (χ0) is 29.4. The van der Waals surface area contributed by atoms with Crippen molar-refractivity contribution in [2.45, 2.75) is 29.2 Å². The molecule has 1 aromatic heterocycles. The molecule has 14 heteroatoms. The van der Waals surface area contributed by atoms with Gasteiger partial charge >= 0.3 is 10.8 Å². The lowest BCUT2D eigenvalue weighted by Crippen LogP contribution is -2.42. The Morgan fingerprint density at radius 3 is 2.60 bits per heavy atom. The van der Waals surface area contributed by atoms with Crippen molar-refractivity contribution >= 4 is 58.2 Å². The summed E-state index contributed by atoms with van der Waals surface area (Å²) in [5.74, 6) is -4.36. The smallest absolute Gasteiger partial charge is 0.323 e. The molecule has 3 fully saturated rings. The number of H-pyrrole nitrogens is 1. The minimum Gasteiger partial charge on any atom is -0.489 e. The number of carbonyl (C=O) groups excluding carboxylic acids is 2. The Balaban J connectivity index is 1.33. The van der Waals surface area contributed by atoms with Gasteiger partial charge in [-0.2, -0.15) is 0 Å². The standard InChI is InChI=1S/C28H22ClN3O8S2/c29-16-4-2-1-3-11(16)10-40-17-6-5-12(32(38)39)7-13(17)19-20-14-8-15(23(20)41-25-24(19)42-28(37)30-25)22-21(14)26(35)31(27(22)36)9-18(33)34/h1-7,14-15,19-23H,8-10H2,(H,30,37)(H,33,34)/t14-,15-,19-,20-,21+,22-,23+/m1/s1. The largest absolute Gasteiger partial charge is 0.489 e. The molecule has 2 aliphatic carbocycles. The second-order valence-electron chi connectivity index (χ2n) is 11.0. The molecule has 2 N–H and O–H groups in total. The molecule has 2 aromatic carbocycles. The third-order valence-corrected chi connectivity index (χ3v) is 11.9. The molecule has 2 saturated carbocycles. The van der Waals surface area contributed by atoms with Crippen LogP contribution < -0.4 is 9.61 Å². The van der Waals surface area contributed by atoms with E-state index in [1.165, 1.54) is 23.9 Å². The number of benzene rings is 2. The monoisotopic (exact) mass is 627 g/mol. The summed E-state index contributed by atoms with van der Waals surface area (Å²) in [6.45, 7) is -0.578. The Labute approximate surface area is 251 Å². The van der Waals surface area contributed by atoms with Crippen molar-refractivity contribution in [2.75, 3.05) is 6.54 Å². The van der Waals surface area contributed by atoms with Crippen molar-refractivity contribution in [3.8, 4) is 5.75 Å². The highest BCUT2D eigenvalue weighted by molar-refractivity contribution is 8.00. The zero-order valence-corrected chi connectivity index (χ0v) is 24.0. The molecule has 7 atom stereocenters. The van der Waals surface area contributed by atoms with E-state index in [1.807, 2.05) is 12.1 Å². The van der Waals surface area contributed by atoms with Crippen molar-refractivity contribution < 1.29 is 29.2 Å². The average molecular weight is 628 g/mol. The fourth-order valence-electron chi connectivity index (χ4n) is 7.51. The SMILES string of the molecule is O=C(O)CN1C(=O)[C@@H]2[C@H]3C[C@@H]([C@@H]2C1=O)[C@@H]1[C@@H](c2cc([N+](=O)[O-])ccc2OCc2ccccc2Cl)c2sc(=O)[nH]c2S[C@@H]31. The van der Waals surface area contributed by atoms with Crippen LogP contribution in [-0.2, 0) is 21.0 Å². The number of aromatic nitrogens is 1. The van der Waals surface area contributed by atoms with E-state index in [0.29, 0.717) is 32.7 Å². The summed E-state index contributed by atoms with van der Waals surface area (Å²) in [6.07, 6.45) is 0.594. The van der Waals surface area contributed by atoms with Gasteiger partial charge in [-0.3, -0.25) is 34.2 Å². The molecule has 0 unspecified atom stereocenters. The van der Waals surface area contributed by atoms with Crippen LogP contribution in [-0.4, -0.2) is 49.5 Å². The van der Waals surface area contributed by atoms with Crippen molar-refractivity contribution in [3.05, 3.63) is 83.3 Å². The van der Waals surface area contributed by atoms with Crippen LogP contribution in [0.15, 0.2) is 52.3 Å². The Morgan fingerprint density at radius 2 is 1.88 bits per heavy atom. The number of hydrogen-bond donors (Lipinski definition) is 2. The van der Waals surface area contributed by atoms with Gasteiger partial charge in [-0.25, -0.2) is 0 Å². The van der Waals surface area contributed by atoms with E-state index in [0.717, 1.165) is 21.8 Å². The van der Waals surface area contributed by atoms with Gasteiger partial charge in [0.15, 0.2) is 0 Å². The summed E-state index contributed by atoms with van der Waals surface area (Å²) in [5, 5.41) is 22.2. The van der Waals surface area contributed by atoms with Crippen molar-refractivity contribution in [3.63, 3.8) is 0 Å². The highest BCUT2D eigenvalue weighted by atomic mass is 35.5. The summed E-state index contributed by atoms with van der Waals surface area (Å²) in [7, 11) is 0. The van der Waals surface area contributed by atoms with Crippen molar-refractivity contribution in [1.29, 1.82) is 0 Å². The number of nitrogens with zero attached hydrogens (tertiary/aromatic N) is 2. The number of imide groups is 1. The second kappa shape index (κ2) is 9.96. The third kappa shape index (κ3) is 4.08. The van der Waals surface area contributed by atoms with Gasteiger partial charge in [0.05, 0.1) is 21.8 Å². The van der Waals surface area contributed by atoms with Gasteiger partial charge < -0.3 is 14.8 Å². The van der Waals surface area contributed by atoms with E-state index >= 15 is 0 Å². The fraction of sp³-hybridized carbons (Fsp3) is 0.357. The van der Waals surface area contributed by atoms with Crippen molar-refractivity contribution in [1.82, 2.24) is 9.88 Å². The number of amides is 2. The predicted octanol–water partition coefficient (Wildman–Crippen LogP) is 4.13. The normalized spacial score (nSPS) is 28.9. The maximum Gasteiger partial charge on any atom is 0.323 e. The molecule has 2 bridgehead atoms. The quantitative estimate of drug-likeness (QED) is 0.223. The molecule has 3 aromatic rings. The van der Waals surface area contributed by atoms with Crippen LogP contribution in [0.2, 0.25) is 5.02 Å². The summed E-state index contributed by atoms with van der Waals surface area (Å²) in [4.78, 5) is 66.4. The van der Waals surface area contributed by atoms with Crippen LogP contribution >= 0.6 is 34.7 Å². The molecule has 0 spiro atoms. The number of aromatic amines is 1. The molecular weight excluding hydrogens is 606 g/mol. The lowest BCUT2D eigenvalue weighted by molar-refractivity contribution is -0.385. The van der Waals surface area contributed by atoms with Gasteiger partial charge in [0.1, 0.15) is 18.9 Å². The highest BCUT2D eigenvalue weighted by Gasteiger charge is 2.69. The molecule has 2 aliphatic heterocycles. The predicted molar refractivity (Wildman–Crippen MR) is 152 cm³/mol. The van der Waals surface area contributed by atoms with Crippen LogP contribution in [0.5, 0.6) is 5.75 Å². The molecule has 7 rings (SSSR count). The van der Waals surface area contributed by atoms with E-state index < -0.39 is 47.0 Å². The summed E-state index contributed by atoms with van der Waals surface area (Å²) in [6, 6.07) is 11.6. The van der Waals surface area contributed by atoms with E-state index in [2.05, 4.69) is 4.98 Å². The lowest BCUT2D eigenvalue weighted by atomic mass is 9.68. The Kier molecular flexibility index (Phi) is 6.44.